The van der Waals surface area contributed by atoms with Gasteiger partial charge in [-0.15, -0.1) is 0 Å². The van der Waals surface area contributed by atoms with Gasteiger partial charge in [-0.1, -0.05) is 30.3 Å². The molecule has 0 bridgehead atoms. The van der Waals surface area contributed by atoms with E-state index in [9.17, 15) is 8.42 Å². The predicted molar refractivity (Wildman–Crippen MR) is 74.4 cm³/mol. The van der Waals surface area contributed by atoms with Gasteiger partial charge in [0, 0.05) is 10.7 Å². The van der Waals surface area contributed by atoms with Crippen LogP contribution in [0.3, 0.4) is 0 Å². The molecule has 0 spiro atoms. The van der Waals surface area contributed by atoms with Crippen molar-refractivity contribution >= 4 is 19.7 Å². The van der Waals surface area contributed by atoms with Gasteiger partial charge in [0.1, 0.15) is 0 Å². The highest BCUT2D eigenvalue weighted by Gasteiger charge is 2.14. The smallest absolute Gasteiger partial charge is 0.207 e. The second kappa shape index (κ2) is 4.75. The number of hydrogen-bond donors (Lipinski definition) is 0. The minimum atomic E-state index is -3.67. The van der Waals surface area contributed by atoms with E-state index in [2.05, 4.69) is 0 Å². The van der Waals surface area contributed by atoms with Crippen molar-refractivity contribution in [1.82, 2.24) is 0 Å². The summed E-state index contributed by atoms with van der Waals surface area (Å²) in [5.74, 6) is 0. The average Bonchev–Trinajstić information content (AvgIpc) is 2.28. The molecule has 0 radical (unpaired) electrons. The summed E-state index contributed by atoms with van der Waals surface area (Å²) in [5.41, 5.74) is 3.94. The molecule has 0 atom stereocenters. The van der Waals surface area contributed by atoms with Gasteiger partial charge in [-0.25, -0.2) is 8.42 Å². The van der Waals surface area contributed by atoms with E-state index in [4.69, 9.17) is 10.7 Å². The van der Waals surface area contributed by atoms with Crippen LogP contribution < -0.4 is 0 Å². The lowest BCUT2D eigenvalue weighted by Gasteiger charge is -2.11. The first kappa shape index (κ1) is 13.1. The van der Waals surface area contributed by atoms with E-state index in [1.54, 1.807) is 12.1 Å². The van der Waals surface area contributed by atoms with Crippen LogP contribution in [-0.4, -0.2) is 8.42 Å². The van der Waals surface area contributed by atoms with Gasteiger partial charge in [0.2, 0.25) is 0 Å². The molecule has 94 valence electrons. The first-order valence-corrected chi connectivity index (χ1v) is 7.82. The molecule has 0 amide bonds. The molecule has 0 fully saturated rings. The van der Waals surface area contributed by atoms with Crippen molar-refractivity contribution in [1.29, 1.82) is 0 Å². The zero-order valence-corrected chi connectivity index (χ0v) is 11.7. The highest BCUT2D eigenvalue weighted by Crippen LogP contribution is 2.30. The Morgan fingerprint density at radius 2 is 1.44 bits per heavy atom. The van der Waals surface area contributed by atoms with Crippen LogP contribution in [0.25, 0.3) is 11.1 Å². The number of aryl methyl sites for hydroxylation is 2. The van der Waals surface area contributed by atoms with Gasteiger partial charge in [0.25, 0.3) is 9.05 Å². The lowest BCUT2D eigenvalue weighted by molar-refractivity contribution is 0.609. The van der Waals surface area contributed by atoms with Gasteiger partial charge >= 0.3 is 0 Å². The highest BCUT2D eigenvalue weighted by molar-refractivity contribution is 8.13. The summed E-state index contributed by atoms with van der Waals surface area (Å²) >= 11 is 0. The Kier molecular flexibility index (Phi) is 3.46. The zero-order valence-electron chi connectivity index (χ0n) is 10.1. The first-order chi connectivity index (χ1) is 8.39. The van der Waals surface area contributed by atoms with E-state index in [1.807, 2.05) is 44.2 Å². The van der Waals surface area contributed by atoms with E-state index < -0.39 is 9.05 Å². The summed E-state index contributed by atoms with van der Waals surface area (Å²) in [5, 5.41) is 0. The number of rotatable bonds is 2. The summed E-state index contributed by atoms with van der Waals surface area (Å²) in [6.45, 7) is 3.78. The quantitative estimate of drug-likeness (QED) is 0.782. The number of benzene rings is 2. The minimum absolute atomic E-state index is 0.152. The fourth-order valence-electron chi connectivity index (χ4n) is 2.12. The molecule has 2 rings (SSSR count). The van der Waals surface area contributed by atoms with Crippen molar-refractivity contribution in [2.24, 2.45) is 0 Å². The minimum Gasteiger partial charge on any atom is -0.207 e. The Hall–Kier alpha value is -1.32. The van der Waals surface area contributed by atoms with Gasteiger partial charge in [0.05, 0.1) is 4.90 Å². The van der Waals surface area contributed by atoms with E-state index in [1.165, 1.54) is 0 Å². The van der Waals surface area contributed by atoms with E-state index in [0.717, 1.165) is 22.3 Å². The summed E-state index contributed by atoms with van der Waals surface area (Å²) < 4.78 is 22.7. The fraction of sp³-hybridized carbons (Fsp3) is 0.143. The third kappa shape index (κ3) is 2.57. The molecule has 0 aliphatic carbocycles. The second-order valence-electron chi connectivity index (χ2n) is 4.24. The van der Waals surface area contributed by atoms with Crippen molar-refractivity contribution in [2.45, 2.75) is 18.7 Å². The summed E-state index contributed by atoms with van der Waals surface area (Å²) in [6.07, 6.45) is 0. The predicted octanol–water partition coefficient (Wildman–Crippen LogP) is 3.90. The molecule has 18 heavy (non-hydrogen) atoms. The zero-order chi connectivity index (χ0) is 13.3. The highest BCUT2D eigenvalue weighted by atomic mass is 35.7. The summed E-state index contributed by atoms with van der Waals surface area (Å²) in [4.78, 5) is 0.152. The van der Waals surface area contributed by atoms with Crippen LogP contribution in [0.4, 0.5) is 0 Å². The Bertz CT molecular complexity index is 653. The topological polar surface area (TPSA) is 34.1 Å². The number of hydrogen-bond acceptors (Lipinski definition) is 2. The second-order valence-corrected chi connectivity index (χ2v) is 6.80. The Morgan fingerprint density at radius 3 is 1.89 bits per heavy atom. The van der Waals surface area contributed by atoms with Crippen LogP contribution in [0, 0.1) is 13.8 Å². The first-order valence-electron chi connectivity index (χ1n) is 5.51. The maximum Gasteiger partial charge on any atom is 0.261 e. The van der Waals surface area contributed by atoms with Crippen molar-refractivity contribution in [2.75, 3.05) is 0 Å². The third-order valence-electron chi connectivity index (χ3n) is 2.85. The van der Waals surface area contributed by atoms with Crippen molar-refractivity contribution in [3.63, 3.8) is 0 Å². The lowest BCUT2D eigenvalue weighted by Crippen LogP contribution is -1.96. The van der Waals surface area contributed by atoms with Crippen LogP contribution in [0.1, 0.15) is 11.1 Å². The van der Waals surface area contributed by atoms with Gasteiger partial charge in [-0.05, 0) is 48.2 Å². The molecule has 0 saturated carbocycles. The van der Waals surface area contributed by atoms with Crippen LogP contribution in [-0.2, 0) is 9.05 Å². The van der Waals surface area contributed by atoms with Crippen molar-refractivity contribution < 1.29 is 8.42 Å². The van der Waals surface area contributed by atoms with Gasteiger partial charge < -0.3 is 0 Å². The Balaban J connectivity index is 2.66. The lowest BCUT2D eigenvalue weighted by atomic mass is 9.96. The molecule has 2 nitrogen and oxygen atoms in total. The standard InChI is InChI=1S/C14H13ClO2S/c1-10-8-13(18(15,16)17)9-11(2)14(10)12-6-4-3-5-7-12/h3-9H,1-2H3. The molecule has 0 aliphatic rings. The van der Waals surface area contributed by atoms with Crippen molar-refractivity contribution in [3.8, 4) is 11.1 Å². The largest absolute Gasteiger partial charge is 0.261 e. The molecular weight excluding hydrogens is 268 g/mol. The molecular formula is C14H13ClO2S. The van der Waals surface area contributed by atoms with Gasteiger partial charge in [-0.3, -0.25) is 0 Å². The molecule has 0 aliphatic heterocycles. The van der Waals surface area contributed by atoms with Crippen molar-refractivity contribution in [3.05, 3.63) is 53.6 Å². The summed E-state index contributed by atoms with van der Waals surface area (Å²) in [7, 11) is 1.70. The third-order valence-corrected chi connectivity index (χ3v) is 4.18. The molecule has 0 heterocycles. The van der Waals surface area contributed by atoms with E-state index >= 15 is 0 Å². The monoisotopic (exact) mass is 280 g/mol. The van der Waals surface area contributed by atoms with Gasteiger partial charge in [-0.2, -0.15) is 0 Å². The average molecular weight is 281 g/mol. The molecule has 0 unspecified atom stereocenters. The normalized spacial score (nSPS) is 11.5. The maximum absolute atomic E-state index is 11.4. The van der Waals surface area contributed by atoms with Crippen LogP contribution in [0.5, 0.6) is 0 Å². The fourth-order valence-corrected chi connectivity index (χ4v) is 3.03. The van der Waals surface area contributed by atoms with E-state index in [0.29, 0.717) is 0 Å². The van der Waals surface area contributed by atoms with Crippen LogP contribution in [0.15, 0.2) is 47.4 Å². The van der Waals surface area contributed by atoms with Crippen LogP contribution >= 0.6 is 10.7 Å². The Morgan fingerprint density at radius 1 is 0.944 bits per heavy atom. The summed E-state index contributed by atoms with van der Waals surface area (Å²) in [6, 6.07) is 13.1. The maximum atomic E-state index is 11.4. The molecule has 4 heteroatoms. The Labute approximate surface area is 112 Å². The van der Waals surface area contributed by atoms with Crippen LogP contribution in [0.2, 0.25) is 0 Å². The molecule has 0 saturated heterocycles. The molecule has 0 aromatic heterocycles. The van der Waals surface area contributed by atoms with E-state index in [-0.39, 0.29) is 4.90 Å². The molecule has 2 aromatic carbocycles. The SMILES string of the molecule is Cc1cc(S(=O)(=O)Cl)cc(C)c1-c1ccccc1. The number of halogens is 1. The van der Waals surface area contributed by atoms with Gasteiger partial charge in [0.15, 0.2) is 0 Å². The molecule has 2 aromatic rings. The molecule has 0 N–H and O–H groups in total.